The Bertz CT molecular complexity index is 1700. The molecular formula is C44H56O12. The highest BCUT2D eigenvalue weighted by Crippen LogP contribution is 2.44. The Morgan fingerprint density at radius 3 is 1.79 bits per heavy atom. The molecule has 4 aliphatic rings. The highest BCUT2D eigenvalue weighted by molar-refractivity contribution is 5.75. The first kappa shape index (κ1) is 40.9. The molecular weight excluding hydrogens is 720 g/mol. The summed E-state index contributed by atoms with van der Waals surface area (Å²) in [5.41, 5.74) is 2.04. The lowest BCUT2D eigenvalue weighted by molar-refractivity contribution is -0.340. The van der Waals surface area contributed by atoms with E-state index >= 15 is 0 Å². The highest BCUT2D eigenvalue weighted by Gasteiger charge is 2.61. The maximum atomic E-state index is 13.9. The van der Waals surface area contributed by atoms with Crippen molar-refractivity contribution in [3.63, 3.8) is 0 Å². The Morgan fingerprint density at radius 2 is 1.23 bits per heavy atom. The van der Waals surface area contributed by atoms with Crippen molar-refractivity contribution in [1.29, 1.82) is 0 Å². The van der Waals surface area contributed by atoms with Crippen LogP contribution in [0.25, 0.3) is 0 Å². The number of hydrogen-bond acceptors (Lipinski definition) is 12. The van der Waals surface area contributed by atoms with Crippen LogP contribution in [-0.2, 0) is 76.7 Å². The molecule has 0 aliphatic carbocycles. The van der Waals surface area contributed by atoms with Gasteiger partial charge in [-0.2, -0.15) is 0 Å². The molecule has 0 aromatic heterocycles. The van der Waals surface area contributed by atoms with Crippen LogP contribution in [-0.4, -0.2) is 92.2 Å². The number of carbonyl (C=O) groups excluding carboxylic acids is 1. The molecule has 3 aromatic rings. The first-order valence-corrected chi connectivity index (χ1v) is 19.5. The van der Waals surface area contributed by atoms with Gasteiger partial charge in [0.2, 0.25) is 0 Å². The molecule has 56 heavy (non-hydrogen) atoms. The van der Waals surface area contributed by atoms with Crippen molar-refractivity contribution in [2.45, 2.75) is 141 Å². The van der Waals surface area contributed by atoms with Gasteiger partial charge < -0.3 is 52.1 Å². The highest BCUT2D eigenvalue weighted by atomic mass is 16.9. The van der Waals surface area contributed by atoms with Gasteiger partial charge >= 0.3 is 5.97 Å². The predicted molar refractivity (Wildman–Crippen MR) is 203 cm³/mol. The summed E-state index contributed by atoms with van der Waals surface area (Å²) in [6, 6.07) is 29.6. The normalized spacial score (nSPS) is 32.3. The summed E-state index contributed by atoms with van der Waals surface area (Å²) in [4.78, 5) is 13.9. The molecule has 0 amide bonds. The second kappa shape index (κ2) is 17.3. The minimum atomic E-state index is -1.18. The van der Waals surface area contributed by atoms with Gasteiger partial charge in [-0.25, -0.2) is 0 Å². The van der Waals surface area contributed by atoms with E-state index in [1.807, 2.05) is 119 Å². The maximum Gasteiger partial charge on any atom is 0.311 e. The lowest BCUT2D eigenvalue weighted by Crippen LogP contribution is -2.64. The monoisotopic (exact) mass is 776 g/mol. The molecule has 0 N–H and O–H groups in total. The van der Waals surface area contributed by atoms with Crippen LogP contribution in [0.1, 0.15) is 65.2 Å². The number of benzene rings is 3. The van der Waals surface area contributed by atoms with Gasteiger partial charge in [0.1, 0.15) is 42.7 Å². The van der Waals surface area contributed by atoms with Crippen LogP contribution in [0.15, 0.2) is 91.0 Å². The van der Waals surface area contributed by atoms with Crippen LogP contribution in [0.5, 0.6) is 0 Å². The van der Waals surface area contributed by atoms with Crippen molar-refractivity contribution < 1.29 is 56.9 Å². The second-order valence-corrected chi connectivity index (χ2v) is 16.7. The van der Waals surface area contributed by atoms with Gasteiger partial charge in [-0.3, -0.25) is 4.79 Å². The number of ether oxygens (including phenoxy) is 11. The van der Waals surface area contributed by atoms with E-state index in [0.29, 0.717) is 6.61 Å². The Kier molecular flexibility index (Phi) is 12.6. The van der Waals surface area contributed by atoms with Gasteiger partial charge in [-0.05, 0) is 65.2 Å². The molecule has 3 aromatic carbocycles. The smallest absolute Gasteiger partial charge is 0.311 e. The molecule has 0 saturated carbocycles. The zero-order valence-corrected chi connectivity index (χ0v) is 33.4. The summed E-state index contributed by atoms with van der Waals surface area (Å²) in [5.74, 6) is -2.23. The number of carbonyl (C=O) groups is 1. The van der Waals surface area contributed by atoms with Crippen LogP contribution in [0.2, 0.25) is 0 Å². The number of rotatable bonds is 14. The molecule has 12 heteroatoms. The van der Waals surface area contributed by atoms with E-state index in [9.17, 15) is 4.79 Å². The average Bonchev–Trinajstić information content (AvgIpc) is 3.80. The molecule has 0 spiro atoms. The average molecular weight is 777 g/mol. The molecule has 4 fully saturated rings. The predicted octanol–water partition coefficient (Wildman–Crippen LogP) is 6.47. The molecule has 0 radical (unpaired) electrons. The molecule has 12 nitrogen and oxygen atoms in total. The zero-order chi connectivity index (χ0) is 39.5. The van der Waals surface area contributed by atoms with Gasteiger partial charge in [0, 0.05) is 0 Å². The second-order valence-electron chi connectivity index (χ2n) is 16.7. The van der Waals surface area contributed by atoms with Crippen LogP contribution in [0.4, 0.5) is 0 Å². The lowest BCUT2D eigenvalue weighted by atomic mass is 9.95. The molecule has 0 unspecified atom stereocenters. The van der Waals surface area contributed by atoms with Crippen molar-refractivity contribution in [2.24, 2.45) is 5.41 Å². The number of fused-ring (bicyclic) bond motifs is 1. The minimum Gasteiger partial charge on any atom is -0.454 e. The third-order valence-electron chi connectivity index (χ3n) is 10.1. The summed E-state index contributed by atoms with van der Waals surface area (Å²) >= 11 is 0. The molecule has 7 rings (SSSR count). The Labute approximate surface area is 329 Å². The van der Waals surface area contributed by atoms with E-state index in [1.165, 1.54) is 0 Å². The van der Waals surface area contributed by atoms with Gasteiger partial charge in [0.05, 0.1) is 38.4 Å². The Balaban J connectivity index is 1.25. The fourth-order valence-electron chi connectivity index (χ4n) is 7.33. The van der Waals surface area contributed by atoms with Gasteiger partial charge in [0.15, 0.2) is 30.3 Å². The summed E-state index contributed by atoms with van der Waals surface area (Å²) in [6.45, 7) is 13.9. The largest absolute Gasteiger partial charge is 0.454 e. The van der Waals surface area contributed by atoms with Crippen molar-refractivity contribution in [2.75, 3.05) is 13.2 Å². The van der Waals surface area contributed by atoms with Crippen LogP contribution < -0.4 is 0 Å². The molecule has 304 valence electrons. The van der Waals surface area contributed by atoms with Crippen molar-refractivity contribution in [1.82, 2.24) is 0 Å². The Morgan fingerprint density at radius 1 is 0.661 bits per heavy atom. The molecule has 0 bridgehead atoms. The lowest BCUT2D eigenvalue weighted by Gasteiger charge is -2.47. The van der Waals surface area contributed by atoms with E-state index in [4.69, 9.17) is 52.1 Å². The molecule has 4 saturated heterocycles. The molecule has 4 heterocycles. The van der Waals surface area contributed by atoms with Crippen LogP contribution in [0.3, 0.4) is 0 Å². The van der Waals surface area contributed by atoms with E-state index < -0.39 is 84.4 Å². The van der Waals surface area contributed by atoms with Crippen LogP contribution >= 0.6 is 0 Å². The summed E-state index contributed by atoms with van der Waals surface area (Å²) in [6.07, 6.45) is -7.99. The fraction of sp³-hybridized carbons (Fsp3) is 0.568. The number of hydrogen-bond donors (Lipinski definition) is 0. The third kappa shape index (κ3) is 10.0. The van der Waals surface area contributed by atoms with Crippen molar-refractivity contribution in [3.8, 4) is 0 Å². The van der Waals surface area contributed by atoms with E-state index in [0.717, 1.165) is 16.7 Å². The van der Waals surface area contributed by atoms with Crippen molar-refractivity contribution >= 4 is 5.97 Å². The summed E-state index contributed by atoms with van der Waals surface area (Å²) in [7, 11) is 0. The van der Waals surface area contributed by atoms with Crippen LogP contribution in [0, 0.1) is 5.41 Å². The molecule has 10 atom stereocenters. The standard InChI is InChI=1S/C44H56O12/c1-42(2,3)41(45)53-37-35(48-25-30-21-15-10-16-22-30)33(47-24-29-19-13-9-14-20-29)31(26-46-23-28-17-11-8-12-18-28)50-39(37)52-36-34(32-27-49-43(4,5)54-32)51-40-38(36)55-44(6,7)56-40/h8-22,31-40H,23-27H2,1-7H3/t31-,32-,33-,34-,35+,36+,37-,38-,39+,40-/m1/s1. The van der Waals surface area contributed by atoms with Gasteiger partial charge in [-0.15, -0.1) is 0 Å². The quantitative estimate of drug-likeness (QED) is 0.167. The van der Waals surface area contributed by atoms with E-state index in [2.05, 4.69) is 0 Å². The topological polar surface area (TPSA) is 119 Å². The van der Waals surface area contributed by atoms with Gasteiger partial charge in [-0.1, -0.05) is 91.0 Å². The minimum absolute atomic E-state index is 0.121. The maximum absolute atomic E-state index is 13.9. The SMILES string of the molecule is CC1(C)O[C@H]2O[C@H]([C@H]3COC(C)(C)O3)[C@H](O[C@@H]3O[C@H](COCc4ccccc4)[C@@H](OCc4ccccc4)[C@H](OCc4ccccc4)[C@H]3OC(=O)C(C)(C)C)[C@H]2O1. The first-order chi connectivity index (χ1) is 26.7. The summed E-state index contributed by atoms with van der Waals surface area (Å²) in [5, 5.41) is 0. The Hall–Kier alpha value is -3.27. The van der Waals surface area contributed by atoms with E-state index in [1.54, 1.807) is 20.8 Å². The van der Waals surface area contributed by atoms with Crippen molar-refractivity contribution in [3.05, 3.63) is 108 Å². The van der Waals surface area contributed by atoms with Gasteiger partial charge in [0.25, 0.3) is 0 Å². The third-order valence-corrected chi connectivity index (χ3v) is 10.1. The number of esters is 1. The first-order valence-electron chi connectivity index (χ1n) is 19.5. The molecule has 4 aliphatic heterocycles. The fourth-order valence-corrected chi connectivity index (χ4v) is 7.33. The summed E-state index contributed by atoms with van der Waals surface area (Å²) < 4.78 is 71.5. The zero-order valence-electron chi connectivity index (χ0n) is 33.4. The van der Waals surface area contributed by atoms with E-state index in [-0.39, 0.29) is 26.4 Å².